The fourth-order valence-corrected chi connectivity index (χ4v) is 5.16. The normalized spacial score (nSPS) is 22.3. The molecule has 1 aliphatic carbocycles. The average molecular weight is 511 g/mol. The molecular formula is C24H38N4O6S. The van der Waals surface area contributed by atoms with E-state index in [1.54, 1.807) is 29.8 Å². The number of hydrogen-bond donors (Lipinski definition) is 3. The van der Waals surface area contributed by atoms with E-state index < -0.39 is 22.2 Å². The fraction of sp³-hybridized carbons (Fsp3) is 0.667. The lowest BCUT2D eigenvalue weighted by Gasteiger charge is -2.38. The van der Waals surface area contributed by atoms with Crippen molar-refractivity contribution in [1.82, 2.24) is 15.1 Å². The summed E-state index contributed by atoms with van der Waals surface area (Å²) in [7, 11) is -1.81. The van der Waals surface area contributed by atoms with E-state index in [1.165, 1.54) is 18.6 Å². The Morgan fingerprint density at radius 3 is 2.60 bits per heavy atom. The second-order valence-electron chi connectivity index (χ2n) is 9.87. The zero-order valence-corrected chi connectivity index (χ0v) is 21.8. The summed E-state index contributed by atoms with van der Waals surface area (Å²) in [6.07, 6.45) is 6.04. The highest BCUT2D eigenvalue weighted by molar-refractivity contribution is 7.92. The number of sulfonamides is 1. The predicted octanol–water partition coefficient (Wildman–Crippen LogP) is 2.25. The number of carbonyl (C=O) groups is 2. The Labute approximate surface area is 208 Å². The summed E-state index contributed by atoms with van der Waals surface area (Å²) in [5.41, 5.74) is 0.444. The van der Waals surface area contributed by atoms with Gasteiger partial charge in [0.1, 0.15) is 11.9 Å². The van der Waals surface area contributed by atoms with Gasteiger partial charge >= 0.3 is 6.03 Å². The Kier molecular flexibility index (Phi) is 8.87. The Morgan fingerprint density at radius 2 is 1.97 bits per heavy atom. The third-order valence-corrected chi connectivity index (χ3v) is 7.31. The number of aliphatic hydroxyl groups is 1. The molecule has 1 aromatic rings. The predicted molar refractivity (Wildman–Crippen MR) is 134 cm³/mol. The van der Waals surface area contributed by atoms with Gasteiger partial charge in [-0.15, -0.1) is 0 Å². The molecule has 0 bridgehead atoms. The van der Waals surface area contributed by atoms with Crippen molar-refractivity contribution in [1.29, 1.82) is 0 Å². The minimum Gasteiger partial charge on any atom is -0.487 e. The molecule has 2 aliphatic rings. The summed E-state index contributed by atoms with van der Waals surface area (Å²) in [5.74, 6) is -0.186. The third-order valence-electron chi connectivity index (χ3n) is 6.70. The molecule has 35 heavy (non-hydrogen) atoms. The molecule has 10 nitrogen and oxygen atoms in total. The lowest BCUT2D eigenvalue weighted by molar-refractivity contribution is 0.0366. The maximum Gasteiger partial charge on any atom is 0.317 e. The summed E-state index contributed by atoms with van der Waals surface area (Å²) < 4.78 is 32.1. The lowest BCUT2D eigenvalue weighted by atomic mass is 9.96. The second-order valence-corrected chi connectivity index (χ2v) is 11.6. The summed E-state index contributed by atoms with van der Waals surface area (Å²) in [6, 6.07) is 4.14. The van der Waals surface area contributed by atoms with E-state index in [9.17, 15) is 23.1 Å². The van der Waals surface area contributed by atoms with Crippen LogP contribution >= 0.6 is 0 Å². The van der Waals surface area contributed by atoms with Crippen molar-refractivity contribution in [3.8, 4) is 5.75 Å². The van der Waals surface area contributed by atoms with Gasteiger partial charge in [0, 0.05) is 31.2 Å². The zero-order chi connectivity index (χ0) is 25.8. The molecule has 0 aromatic heterocycles. The van der Waals surface area contributed by atoms with Crippen LogP contribution in [-0.4, -0.2) is 86.4 Å². The maximum absolute atomic E-state index is 13.4. The van der Waals surface area contributed by atoms with Crippen LogP contribution in [0.1, 0.15) is 56.3 Å². The van der Waals surface area contributed by atoms with Crippen molar-refractivity contribution in [3.05, 3.63) is 23.8 Å². The van der Waals surface area contributed by atoms with Gasteiger partial charge in [0.15, 0.2) is 0 Å². The molecule has 0 spiro atoms. The van der Waals surface area contributed by atoms with Crippen molar-refractivity contribution < 1.29 is 27.9 Å². The quantitative estimate of drug-likeness (QED) is 0.516. The Bertz CT molecular complexity index is 1010. The molecule has 3 rings (SSSR count). The van der Waals surface area contributed by atoms with Crippen LogP contribution in [0.3, 0.4) is 0 Å². The topological polar surface area (TPSA) is 128 Å². The molecule has 0 radical (unpaired) electrons. The average Bonchev–Trinajstić information content (AvgIpc) is 2.80. The molecule has 3 N–H and O–H groups in total. The lowest BCUT2D eigenvalue weighted by Crippen LogP contribution is -2.52. The highest BCUT2D eigenvalue weighted by atomic mass is 32.2. The van der Waals surface area contributed by atoms with Crippen LogP contribution in [0.15, 0.2) is 18.2 Å². The molecule has 1 heterocycles. The molecule has 1 fully saturated rings. The van der Waals surface area contributed by atoms with Crippen LogP contribution in [-0.2, 0) is 10.0 Å². The molecule has 1 saturated carbocycles. The standard InChI is InChI=1S/C24H38N4O6S/c1-16-13-28(17(2)15-29)23(30)20-12-19(26-35(4,32)33)10-11-21(20)34-22(16)14-27(3)24(31)25-18-8-6-5-7-9-18/h10-12,16-18,22,26,29H,5-9,13-15H2,1-4H3,(H,25,31)/t16-,17+,22-/m0/s1. The van der Waals surface area contributed by atoms with Crippen molar-refractivity contribution in [2.75, 3.05) is 37.7 Å². The number of hydrogen-bond acceptors (Lipinski definition) is 6. The fourth-order valence-electron chi connectivity index (χ4n) is 4.60. The van der Waals surface area contributed by atoms with Gasteiger partial charge in [-0.3, -0.25) is 9.52 Å². The Balaban J connectivity index is 1.85. The minimum absolute atomic E-state index is 0.139. The minimum atomic E-state index is -3.54. The number of carbonyl (C=O) groups excluding carboxylic acids is 2. The van der Waals surface area contributed by atoms with Crippen molar-refractivity contribution in [3.63, 3.8) is 0 Å². The van der Waals surface area contributed by atoms with Crippen LogP contribution in [0.4, 0.5) is 10.5 Å². The van der Waals surface area contributed by atoms with E-state index in [-0.39, 0.29) is 41.8 Å². The maximum atomic E-state index is 13.4. The molecule has 3 atom stereocenters. The summed E-state index contributed by atoms with van der Waals surface area (Å²) >= 11 is 0. The number of nitrogens with zero attached hydrogens (tertiary/aromatic N) is 2. The monoisotopic (exact) mass is 510 g/mol. The molecule has 0 saturated heterocycles. The number of nitrogens with one attached hydrogen (secondary N) is 2. The van der Waals surface area contributed by atoms with E-state index in [0.29, 0.717) is 18.8 Å². The van der Waals surface area contributed by atoms with Gasteiger partial charge in [-0.05, 0) is 38.0 Å². The van der Waals surface area contributed by atoms with Crippen molar-refractivity contribution >= 4 is 27.6 Å². The Hall–Kier alpha value is -2.53. The summed E-state index contributed by atoms with van der Waals surface area (Å²) in [6.45, 7) is 4.10. The van der Waals surface area contributed by atoms with Gasteiger partial charge in [0.05, 0.1) is 31.0 Å². The molecule has 1 aliphatic heterocycles. The first kappa shape index (κ1) is 27.1. The van der Waals surface area contributed by atoms with Gasteiger partial charge in [-0.1, -0.05) is 26.2 Å². The zero-order valence-electron chi connectivity index (χ0n) is 21.0. The van der Waals surface area contributed by atoms with E-state index in [4.69, 9.17) is 4.74 Å². The number of fused-ring (bicyclic) bond motifs is 1. The van der Waals surface area contributed by atoms with Crippen LogP contribution < -0.4 is 14.8 Å². The first-order chi connectivity index (χ1) is 16.5. The molecule has 11 heteroatoms. The van der Waals surface area contributed by atoms with Gasteiger partial charge < -0.3 is 25.0 Å². The number of anilines is 1. The molecular weight excluding hydrogens is 472 g/mol. The number of rotatable bonds is 7. The van der Waals surface area contributed by atoms with Crippen molar-refractivity contribution in [2.24, 2.45) is 5.92 Å². The number of urea groups is 1. The number of likely N-dealkylation sites (N-methyl/N-ethyl adjacent to an activating group) is 1. The second kappa shape index (κ2) is 11.5. The van der Waals surface area contributed by atoms with Crippen LogP contribution in [0, 0.1) is 5.92 Å². The number of benzene rings is 1. The molecule has 1 aromatic carbocycles. The smallest absolute Gasteiger partial charge is 0.317 e. The number of aliphatic hydroxyl groups excluding tert-OH is 1. The third kappa shape index (κ3) is 7.23. The highest BCUT2D eigenvalue weighted by Gasteiger charge is 2.34. The van der Waals surface area contributed by atoms with Gasteiger partial charge in [0.25, 0.3) is 5.91 Å². The van der Waals surface area contributed by atoms with E-state index in [0.717, 1.165) is 31.9 Å². The van der Waals surface area contributed by atoms with E-state index in [2.05, 4.69) is 10.0 Å². The van der Waals surface area contributed by atoms with Crippen LogP contribution in [0.5, 0.6) is 5.75 Å². The molecule has 0 unspecified atom stereocenters. The first-order valence-corrected chi connectivity index (χ1v) is 14.1. The number of amides is 3. The largest absolute Gasteiger partial charge is 0.487 e. The molecule has 3 amide bonds. The Morgan fingerprint density at radius 1 is 1.29 bits per heavy atom. The SMILES string of the molecule is C[C@H](CO)N1C[C@H](C)[C@H](CN(C)C(=O)NC2CCCCC2)Oc2ccc(NS(C)(=O)=O)cc2C1=O. The van der Waals surface area contributed by atoms with E-state index in [1.807, 2.05) is 6.92 Å². The molecule has 196 valence electrons. The first-order valence-electron chi connectivity index (χ1n) is 12.2. The summed E-state index contributed by atoms with van der Waals surface area (Å²) in [5, 5.41) is 12.9. The van der Waals surface area contributed by atoms with Crippen LogP contribution in [0.2, 0.25) is 0 Å². The van der Waals surface area contributed by atoms with E-state index >= 15 is 0 Å². The van der Waals surface area contributed by atoms with Crippen LogP contribution in [0.25, 0.3) is 0 Å². The van der Waals surface area contributed by atoms with Crippen molar-refractivity contribution in [2.45, 2.75) is 64.1 Å². The number of ether oxygens (including phenoxy) is 1. The summed E-state index contributed by atoms with van der Waals surface area (Å²) in [4.78, 5) is 29.4. The van der Waals surface area contributed by atoms with Gasteiger partial charge in [-0.25, -0.2) is 13.2 Å². The van der Waals surface area contributed by atoms with Gasteiger partial charge in [0.2, 0.25) is 10.0 Å². The van der Waals surface area contributed by atoms with Gasteiger partial charge in [-0.2, -0.15) is 0 Å². The highest BCUT2D eigenvalue weighted by Crippen LogP contribution is 2.31.